The number of ether oxygens (including phenoxy) is 1. The van der Waals surface area contributed by atoms with Crippen LogP contribution in [0.15, 0.2) is 24.3 Å². The molecule has 1 aromatic rings. The monoisotopic (exact) mass is 254 g/mol. The highest BCUT2D eigenvalue weighted by molar-refractivity contribution is 6.17. The number of esters is 1. The van der Waals surface area contributed by atoms with Crippen LogP contribution < -0.4 is 0 Å². The molecule has 1 rings (SSSR count). The Morgan fingerprint density at radius 2 is 1.88 bits per heavy atom. The summed E-state index contributed by atoms with van der Waals surface area (Å²) >= 11 is 5.68. The second-order valence-corrected chi connectivity index (χ2v) is 4.86. The van der Waals surface area contributed by atoms with E-state index in [-0.39, 0.29) is 5.97 Å². The lowest BCUT2D eigenvalue weighted by Crippen LogP contribution is -2.31. The normalized spacial score (nSPS) is 11.3. The first-order valence-electron chi connectivity index (χ1n) is 5.85. The van der Waals surface area contributed by atoms with Crippen LogP contribution in [-0.4, -0.2) is 18.5 Å². The smallest absolute Gasteiger partial charge is 0.315 e. The van der Waals surface area contributed by atoms with Gasteiger partial charge in [-0.3, -0.25) is 4.79 Å². The predicted molar refractivity (Wildman–Crippen MR) is 70.5 cm³/mol. The van der Waals surface area contributed by atoms with Gasteiger partial charge in [-0.2, -0.15) is 0 Å². The van der Waals surface area contributed by atoms with E-state index in [0.29, 0.717) is 12.5 Å². The Kier molecular flexibility index (Phi) is 5.01. The van der Waals surface area contributed by atoms with Gasteiger partial charge in [0, 0.05) is 5.88 Å². The van der Waals surface area contributed by atoms with Crippen molar-refractivity contribution in [2.24, 2.45) is 0 Å². The van der Waals surface area contributed by atoms with Crippen LogP contribution >= 0.6 is 11.6 Å². The third-order valence-electron chi connectivity index (χ3n) is 2.84. The fourth-order valence-electron chi connectivity index (χ4n) is 1.63. The lowest BCUT2D eigenvalue weighted by Gasteiger charge is -2.23. The quantitative estimate of drug-likeness (QED) is 0.595. The molecule has 0 unspecified atom stereocenters. The number of benzene rings is 1. The molecule has 17 heavy (non-hydrogen) atoms. The molecule has 0 saturated heterocycles. The molecule has 0 aliphatic carbocycles. The topological polar surface area (TPSA) is 26.3 Å². The van der Waals surface area contributed by atoms with Gasteiger partial charge in [-0.05, 0) is 38.3 Å². The molecule has 2 nitrogen and oxygen atoms in total. The van der Waals surface area contributed by atoms with E-state index in [4.69, 9.17) is 16.3 Å². The number of carbonyl (C=O) groups is 1. The van der Waals surface area contributed by atoms with Crippen LogP contribution in [0.2, 0.25) is 0 Å². The minimum absolute atomic E-state index is 0.190. The number of alkyl halides is 1. The Bertz CT molecular complexity index is 368. The van der Waals surface area contributed by atoms with E-state index in [2.05, 4.69) is 0 Å². The maximum atomic E-state index is 11.8. The molecule has 94 valence electrons. The van der Waals surface area contributed by atoms with Crippen molar-refractivity contribution >= 4 is 17.6 Å². The zero-order valence-electron chi connectivity index (χ0n) is 10.6. The summed E-state index contributed by atoms with van der Waals surface area (Å²) in [5, 5.41) is 0. The lowest BCUT2D eigenvalue weighted by molar-refractivity contribution is -0.148. The van der Waals surface area contributed by atoms with Gasteiger partial charge in [0.25, 0.3) is 0 Å². The maximum Gasteiger partial charge on any atom is 0.315 e. The summed E-state index contributed by atoms with van der Waals surface area (Å²) in [6.45, 7) is 5.98. The number of rotatable bonds is 5. The van der Waals surface area contributed by atoms with Crippen molar-refractivity contribution in [3.8, 4) is 0 Å². The van der Waals surface area contributed by atoms with Crippen LogP contribution in [-0.2, 0) is 21.4 Å². The first-order valence-corrected chi connectivity index (χ1v) is 6.38. The van der Waals surface area contributed by atoms with E-state index in [9.17, 15) is 4.79 Å². The van der Waals surface area contributed by atoms with Gasteiger partial charge in [0.05, 0.1) is 12.0 Å². The van der Waals surface area contributed by atoms with Crippen LogP contribution in [0.1, 0.15) is 31.9 Å². The molecule has 0 N–H and O–H groups in total. The second kappa shape index (κ2) is 6.06. The Morgan fingerprint density at radius 1 is 1.29 bits per heavy atom. The third kappa shape index (κ3) is 3.47. The first kappa shape index (κ1) is 14.0. The molecule has 0 amide bonds. The van der Waals surface area contributed by atoms with Crippen molar-refractivity contribution in [2.45, 2.75) is 32.6 Å². The van der Waals surface area contributed by atoms with Crippen LogP contribution in [0, 0.1) is 0 Å². The molecule has 0 spiro atoms. The Hall–Kier alpha value is -1.02. The molecule has 0 radical (unpaired) electrons. The van der Waals surface area contributed by atoms with E-state index < -0.39 is 5.41 Å². The molecular weight excluding hydrogens is 236 g/mol. The Balaban J connectivity index is 2.87. The molecule has 0 saturated carbocycles. The Labute approximate surface area is 108 Å². The van der Waals surface area contributed by atoms with Crippen molar-refractivity contribution in [1.82, 2.24) is 0 Å². The molecule has 0 heterocycles. The molecule has 0 aliphatic rings. The molecule has 0 fully saturated rings. The third-order valence-corrected chi connectivity index (χ3v) is 3.03. The van der Waals surface area contributed by atoms with Crippen LogP contribution in [0.25, 0.3) is 0 Å². The molecule has 3 heteroatoms. The van der Waals surface area contributed by atoms with E-state index in [0.717, 1.165) is 12.0 Å². The van der Waals surface area contributed by atoms with Crippen LogP contribution in [0.3, 0.4) is 0 Å². The van der Waals surface area contributed by atoms with Gasteiger partial charge in [0.2, 0.25) is 0 Å². The van der Waals surface area contributed by atoms with Crippen LogP contribution in [0.5, 0.6) is 0 Å². The largest absolute Gasteiger partial charge is 0.465 e. The molecular formula is C14H19ClO2. The summed E-state index contributed by atoms with van der Waals surface area (Å²) in [6.07, 6.45) is 0.849. The summed E-state index contributed by atoms with van der Waals surface area (Å²) in [4.78, 5) is 11.8. The van der Waals surface area contributed by atoms with Gasteiger partial charge >= 0.3 is 5.97 Å². The van der Waals surface area contributed by atoms with Gasteiger partial charge in [-0.1, -0.05) is 24.3 Å². The highest BCUT2D eigenvalue weighted by atomic mass is 35.5. The van der Waals surface area contributed by atoms with Gasteiger partial charge in [0.1, 0.15) is 0 Å². The van der Waals surface area contributed by atoms with E-state index in [1.807, 2.05) is 45.0 Å². The zero-order chi connectivity index (χ0) is 12.9. The van der Waals surface area contributed by atoms with Crippen molar-refractivity contribution in [3.63, 3.8) is 0 Å². The summed E-state index contributed by atoms with van der Waals surface area (Å²) in [5.41, 5.74) is 1.55. The van der Waals surface area contributed by atoms with E-state index in [1.165, 1.54) is 5.56 Å². The minimum Gasteiger partial charge on any atom is -0.465 e. The van der Waals surface area contributed by atoms with Gasteiger partial charge in [-0.25, -0.2) is 0 Å². The van der Waals surface area contributed by atoms with Crippen molar-refractivity contribution in [1.29, 1.82) is 0 Å². The lowest BCUT2D eigenvalue weighted by atomic mass is 9.84. The van der Waals surface area contributed by atoms with Gasteiger partial charge < -0.3 is 4.74 Å². The number of hydrogen-bond acceptors (Lipinski definition) is 2. The number of aryl methyl sites for hydroxylation is 1. The summed E-state index contributed by atoms with van der Waals surface area (Å²) in [5.74, 6) is 0.422. The number of hydrogen-bond donors (Lipinski definition) is 0. The van der Waals surface area contributed by atoms with Crippen molar-refractivity contribution in [3.05, 3.63) is 35.4 Å². The highest BCUT2D eigenvalue weighted by Gasteiger charge is 2.31. The molecule has 0 atom stereocenters. The SMILES string of the molecule is CCOC(=O)C(C)(C)c1ccc(CCCl)cc1. The van der Waals surface area contributed by atoms with E-state index in [1.54, 1.807) is 0 Å². The summed E-state index contributed by atoms with van der Waals surface area (Å²) in [7, 11) is 0. The Morgan fingerprint density at radius 3 is 2.35 bits per heavy atom. The van der Waals surface area contributed by atoms with E-state index >= 15 is 0 Å². The van der Waals surface area contributed by atoms with Gasteiger partial charge in [0.15, 0.2) is 0 Å². The van der Waals surface area contributed by atoms with Crippen LogP contribution in [0.4, 0.5) is 0 Å². The van der Waals surface area contributed by atoms with Crippen molar-refractivity contribution < 1.29 is 9.53 Å². The van der Waals surface area contributed by atoms with Gasteiger partial charge in [-0.15, -0.1) is 11.6 Å². The molecule has 0 aliphatic heterocycles. The number of halogens is 1. The second-order valence-electron chi connectivity index (χ2n) is 4.48. The summed E-state index contributed by atoms with van der Waals surface area (Å²) in [6, 6.07) is 7.97. The summed E-state index contributed by atoms with van der Waals surface area (Å²) < 4.78 is 5.08. The fraction of sp³-hybridized carbons (Fsp3) is 0.500. The first-order chi connectivity index (χ1) is 8.02. The number of carbonyl (C=O) groups excluding carboxylic acids is 1. The van der Waals surface area contributed by atoms with Crippen molar-refractivity contribution in [2.75, 3.05) is 12.5 Å². The highest BCUT2D eigenvalue weighted by Crippen LogP contribution is 2.25. The zero-order valence-corrected chi connectivity index (χ0v) is 11.4. The molecule has 1 aromatic carbocycles. The molecule has 0 bridgehead atoms. The maximum absolute atomic E-state index is 11.8. The standard InChI is InChI=1S/C14H19ClO2/c1-4-17-13(16)14(2,3)12-7-5-11(6-8-12)9-10-15/h5-8H,4,9-10H2,1-3H3. The average Bonchev–Trinajstić information content (AvgIpc) is 2.30. The minimum atomic E-state index is -0.602. The fourth-order valence-corrected chi connectivity index (χ4v) is 1.84. The molecule has 0 aromatic heterocycles. The predicted octanol–water partition coefficient (Wildman–Crippen LogP) is 3.31. The average molecular weight is 255 g/mol.